The van der Waals surface area contributed by atoms with Gasteiger partial charge < -0.3 is 11.1 Å². The summed E-state index contributed by atoms with van der Waals surface area (Å²) in [6.45, 7) is 3.74. The molecule has 0 saturated carbocycles. The molecule has 2 rings (SSSR count). The van der Waals surface area contributed by atoms with E-state index < -0.39 is 0 Å². The molecule has 1 aromatic rings. The quantitative estimate of drug-likeness (QED) is 0.868. The van der Waals surface area contributed by atoms with E-state index in [4.69, 9.17) is 17.3 Å². The van der Waals surface area contributed by atoms with Crippen molar-refractivity contribution in [3.05, 3.63) is 34.9 Å². The molecule has 1 saturated heterocycles. The summed E-state index contributed by atoms with van der Waals surface area (Å²) in [5.74, 6) is 0.209. The number of piperidine rings is 1. The molecule has 1 heterocycles. The van der Waals surface area contributed by atoms with Crippen molar-refractivity contribution < 1.29 is 4.79 Å². The number of nitrogens with two attached hydrogens (primary N) is 1. The maximum absolute atomic E-state index is 12.0. The van der Waals surface area contributed by atoms with Gasteiger partial charge in [0, 0.05) is 31.2 Å². The van der Waals surface area contributed by atoms with Crippen molar-refractivity contribution in [1.29, 1.82) is 0 Å². The molecule has 1 unspecified atom stereocenters. The minimum Gasteiger partial charge on any atom is -0.355 e. The summed E-state index contributed by atoms with van der Waals surface area (Å²) in [6.07, 6.45) is 2.02. The molecule has 3 N–H and O–H groups in total. The molecule has 0 spiro atoms. The molecule has 110 valence electrons. The second kappa shape index (κ2) is 7.62. The molecule has 1 amide bonds. The zero-order valence-corrected chi connectivity index (χ0v) is 12.4. The lowest BCUT2D eigenvalue weighted by Gasteiger charge is -2.32. The minimum atomic E-state index is 0.0782. The third kappa shape index (κ3) is 4.47. The van der Waals surface area contributed by atoms with E-state index in [9.17, 15) is 4.79 Å². The van der Waals surface area contributed by atoms with Gasteiger partial charge >= 0.3 is 0 Å². The van der Waals surface area contributed by atoms with Gasteiger partial charge in [-0.25, -0.2) is 0 Å². The van der Waals surface area contributed by atoms with Crippen LogP contribution in [0.15, 0.2) is 24.3 Å². The first-order chi connectivity index (χ1) is 9.69. The standard InChI is InChI=1S/C15H22ClN3O/c16-14-5-1-3-12(9-14)10-19-8-2-4-13(11-19)15(20)18-7-6-17/h1,3,5,9,13H,2,4,6-8,10-11,17H2,(H,18,20). The number of hydrogen-bond acceptors (Lipinski definition) is 3. The average Bonchev–Trinajstić information content (AvgIpc) is 2.45. The van der Waals surface area contributed by atoms with E-state index in [1.165, 1.54) is 5.56 Å². The van der Waals surface area contributed by atoms with Gasteiger partial charge in [0.05, 0.1) is 5.92 Å². The van der Waals surface area contributed by atoms with Crippen LogP contribution in [-0.2, 0) is 11.3 Å². The Morgan fingerprint density at radius 3 is 3.10 bits per heavy atom. The van der Waals surface area contributed by atoms with E-state index >= 15 is 0 Å². The third-order valence-corrected chi connectivity index (χ3v) is 3.85. The van der Waals surface area contributed by atoms with Crippen LogP contribution in [0.5, 0.6) is 0 Å². The van der Waals surface area contributed by atoms with Crippen LogP contribution in [0.25, 0.3) is 0 Å². The number of rotatable bonds is 5. The summed E-state index contributed by atoms with van der Waals surface area (Å²) in [5, 5.41) is 3.64. The topological polar surface area (TPSA) is 58.4 Å². The van der Waals surface area contributed by atoms with Crippen LogP contribution in [0.4, 0.5) is 0 Å². The van der Waals surface area contributed by atoms with Crippen LogP contribution in [0, 0.1) is 5.92 Å². The number of hydrogen-bond donors (Lipinski definition) is 2. The van der Waals surface area contributed by atoms with Gasteiger partial charge in [0.15, 0.2) is 0 Å². The maximum atomic E-state index is 12.0. The first-order valence-electron chi connectivity index (χ1n) is 7.13. The Balaban J connectivity index is 1.88. The fraction of sp³-hybridized carbons (Fsp3) is 0.533. The Bertz CT molecular complexity index is 452. The lowest BCUT2D eigenvalue weighted by Crippen LogP contribution is -2.43. The predicted molar refractivity (Wildman–Crippen MR) is 81.5 cm³/mol. The van der Waals surface area contributed by atoms with Crippen molar-refractivity contribution in [3.63, 3.8) is 0 Å². The molecule has 0 aromatic heterocycles. The van der Waals surface area contributed by atoms with Gasteiger partial charge in [-0.05, 0) is 37.1 Å². The molecule has 20 heavy (non-hydrogen) atoms. The first-order valence-corrected chi connectivity index (χ1v) is 7.51. The van der Waals surface area contributed by atoms with Crippen molar-refractivity contribution in [2.75, 3.05) is 26.2 Å². The number of benzene rings is 1. The minimum absolute atomic E-state index is 0.0782. The van der Waals surface area contributed by atoms with Gasteiger partial charge in [0.1, 0.15) is 0 Å². The fourth-order valence-electron chi connectivity index (χ4n) is 2.65. The third-order valence-electron chi connectivity index (χ3n) is 3.62. The Kier molecular flexibility index (Phi) is 5.83. The summed E-state index contributed by atoms with van der Waals surface area (Å²) in [6, 6.07) is 7.90. The van der Waals surface area contributed by atoms with Crippen LogP contribution >= 0.6 is 11.6 Å². The van der Waals surface area contributed by atoms with Crippen LogP contribution in [-0.4, -0.2) is 37.0 Å². The Hall–Kier alpha value is -1.10. The molecule has 1 atom stereocenters. The molecule has 1 aromatic carbocycles. The monoisotopic (exact) mass is 295 g/mol. The number of carbonyl (C=O) groups excluding carboxylic acids is 1. The second-order valence-corrected chi connectivity index (χ2v) is 5.72. The average molecular weight is 296 g/mol. The fourth-order valence-corrected chi connectivity index (χ4v) is 2.86. The zero-order chi connectivity index (χ0) is 14.4. The van der Waals surface area contributed by atoms with Crippen LogP contribution in [0.2, 0.25) is 5.02 Å². The lowest BCUT2D eigenvalue weighted by atomic mass is 9.96. The highest BCUT2D eigenvalue weighted by Crippen LogP contribution is 2.20. The molecular formula is C15H22ClN3O. The lowest BCUT2D eigenvalue weighted by molar-refractivity contribution is -0.126. The predicted octanol–water partition coefficient (Wildman–Crippen LogP) is 1.63. The van der Waals surface area contributed by atoms with Crippen molar-refractivity contribution in [1.82, 2.24) is 10.2 Å². The molecule has 0 aliphatic carbocycles. The highest BCUT2D eigenvalue weighted by atomic mass is 35.5. The first kappa shape index (κ1) is 15.3. The summed E-state index contributed by atoms with van der Waals surface area (Å²) < 4.78 is 0. The zero-order valence-electron chi connectivity index (χ0n) is 11.6. The van der Waals surface area contributed by atoms with E-state index in [2.05, 4.69) is 16.3 Å². The largest absolute Gasteiger partial charge is 0.355 e. The van der Waals surface area contributed by atoms with Gasteiger partial charge in [0.2, 0.25) is 5.91 Å². The van der Waals surface area contributed by atoms with Gasteiger partial charge in [-0.1, -0.05) is 23.7 Å². The molecule has 1 aliphatic rings. The number of halogens is 1. The van der Waals surface area contributed by atoms with Gasteiger partial charge in [-0.15, -0.1) is 0 Å². The van der Waals surface area contributed by atoms with Crippen molar-refractivity contribution in [2.24, 2.45) is 11.7 Å². The Morgan fingerprint density at radius 1 is 1.50 bits per heavy atom. The highest BCUT2D eigenvalue weighted by molar-refractivity contribution is 6.30. The molecule has 5 heteroatoms. The molecule has 1 fully saturated rings. The SMILES string of the molecule is NCCNC(=O)C1CCCN(Cc2cccc(Cl)c2)C1. The Morgan fingerprint density at radius 2 is 2.35 bits per heavy atom. The van der Waals surface area contributed by atoms with Crippen LogP contribution < -0.4 is 11.1 Å². The van der Waals surface area contributed by atoms with E-state index in [0.717, 1.165) is 37.5 Å². The van der Waals surface area contributed by atoms with E-state index in [1.54, 1.807) is 0 Å². The molecular weight excluding hydrogens is 274 g/mol. The number of amides is 1. The Labute approximate surface area is 125 Å². The van der Waals surface area contributed by atoms with Crippen molar-refractivity contribution in [2.45, 2.75) is 19.4 Å². The number of nitrogens with one attached hydrogen (secondary N) is 1. The van der Waals surface area contributed by atoms with E-state index in [1.807, 2.05) is 18.2 Å². The maximum Gasteiger partial charge on any atom is 0.224 e. The molecule has 4 nitrogen and oxygen atoms in total. The molecule has 1 aliphatic heterocycles. The van der Waals surface area contributed by atoms with E-state index in [0.29, 0.717) is 13.1 Å². The number of carbonyl (C=O) groups is 1. The highest BCUT2D eigenvalue weighted by Gasteiger charge is 2.25. The van der Waals surface area contributed by atoms with Crippen molar-refractivity contribution in [3.8, 4) is 0 Å². The summed E-state index contributed by atoms with van der Waals surface area (Å²) in [4.78, 5) is 14.3. The van der Waals surface area contributed by atoms with Gasteiger partial charge in [0.25, 0.3) is 0 Å². The number of nitrogens with zero attached hydrogens (tertiary/aromatic N) is 1. The summed E-state index contributed by atoms with van der Waals surface area (Å²) in [5.41, 5.74) is 6.61. The second-order valence-electron chi connectivity index (χ2n) is 5.28. The normalized spacial score (nSPS) is 19.8. The summed E-state index contributed by atoms with van der Waals surface area (Å²) >= 11 is 6.00. The van der Waals surface area contributed by atoms with E-state index in [-0.39, 0.29) is 11.8 Å². The van der Waals surface area contributed by atoms with Gasteiger partial charge in [-0.2, -0.15) is 0 Å². The van der Waals surface area contributed by atoms with Crippen LogP contribution in [0.3, 0.4) is 0 Å². The van der Waals surface area contributed by atoms with Crippen LogP contribution in [0.1, 0.15) is 18.4 Å². The smallest absolute Gasteiger partial charge is 0.224 e. The van der Waals surface area contributed by atoms with Gasteiger partial charge in [-0.3, -0.25) is 9.69 Å². The number of likely N-dealkylation sites (tertiary alicyclic amines) is 1. The molecule has 0 radical (unpaired) electrons. The summed E-state index contributed by atoms with van der Waals surface area (Å²) in [7, 11) is 0. The van der Waals surface area contributed by atoms with Crippen molar-refractivity contribution >= 4 is 17.5 Å². The molecule has 0 bridgehead atoms.